The van der Waals surface area contributed by atoms with E-state index >= 15 is 0 Å². The van der Waals surface area contributed by atoms with E-state index in [0.717, 1.165) is 38.9 Å². The van der Waals surface area contributed by atoms with Crippen LogP contribution in [0.3, 0.4) is 0 Å². The van der Waals surface area contributed by atoms with Crippen LogP contribution < -0.4 is 0 Å². The molecule has 0 N–H and O–H groups in total. The molecule has 2 saturated heterocycles. The average molecular weight is 346 g/mol. The van der Waals surface area contributed by atoms with Crippen LogP contribution in [0.15, 0.2) is 18.5 Å². The van der Waals surface area contributed by atoms with E-state index in [0.29, 0.717) is 18.9 Å². The Labute approximate surface area is 150 Å². The normalized spacial score (nSPS) is 22.7. The molecule has 1 aromatic heterocycles. The maximum atomic E-state index is 12.8. The Morgan fingerprint density at radius 2 is 2.00 bits per heavy atom. The van der Waals surface area contributed by atoms with Crippen LogP contribution in [0.4, 0.5) is 0 Å². The summed E-state index contributed by atoms with van der Waals surface area (Å²) in [6.45, 7) is 9.25. The summed E-state index contributed by atoms with van der Waals surface area (Å²) in [7, 11) is 0. The van der Waals surface area contributed by atoms with Crippen molar-refractivity contribution in [1.29, 1.82) is 0 Å². The summed E-state index contributed by atoms with van der Waals surface area (Å²) in [6.07, 6.45) is 7.40. The van der Waals surface area contributed by atoms with Crippen molar-refractivity contribution in [3.05, 3.63) is 18.5 Å². The zero-order valence-electron chi connectivity index (χ0n) is 15.6. The van der Waals surface area contributed by atoms with Crippen LogP contribution in [0.1, 0.15) is 46.5 Å². The minimum absolute atomic E-state index is 0.111. The number of nitrogens with zero attached hydrogens (tertiary/aromatic N) is 4. The van der Waals surface area contributed by atoms with Gasteiger partial charge >= 0.3 is 0 Å². The summed E-state index contributed by atoms with van der Waals surface area (Å²) >= 11 is 0. The number of carbonyl (C=O) groups excluding carboxylic acids is 2. The van der Waals surface area contributed by atoms with Gasteiger partial charge in [0.05, 0.1) is 5.92 Å². The number of aromatic nitrogens is 2. The summed E-state index contributed by atoms with van der Waals surface area (Å²) in [4.78, 5) is 28.9. The van der Waals surface area contributed by atoms with Gasteiger partial charge in [0.25, 0.3) is 0 Å². The highest BCUT2D eigenvalue weighted by Gasteiger charge is 2.41. The van der Waals surface area contributed by atoms with Gasteiger partial charge in [-0.2, -0.15) is 5.10 Å². The van der Waals surface area contributed by atoms with Crippen LogP contribution >= 0.6 is 0 Å². The number of carbonyl (C=O) groups is 2. The highest BCUT2D eigenvalue weighted by molar-refractivity contribution is 5.89. The van der Waals surface area contributed by atoms with Gasteiger partial charge in [0.2, 0.25) is 11.8 Å². The van der Waals surface area contributed by atoms with Crippen molar-refractivity contribution >= 4 is 11.8 Å². The molecule has 1 aromatic rings. The second kappa shape index (κ2) is 7.18. The topological polar surface area (TPSA) is 58.4 Å². The number of piperidine rings is 1. The standard InChI is InChI=1S/C19H30N4O2/c1-19(2,3)23-14-16(13-17(23)24)18(25)21-10-5-15(6-11-21)7-12-22-9-4-8-20-22/h4,8-9,15-16H,5-7,10-14H2,1-3H3/t16-/m1/s1. The molecular weight excluding hydrogens is 316 g/mol. The van der Waals surface area contributed by atoms with Crippen molar-refractivity contribution in [2.45, 2.75) is 58.5 Å². The lowest BCUT2D eigenvalue weighted by molar-refractivity contribution is -0.137. The maximum absolute atomic E-state index is 12.8. The number of amides is 2. The predicted octanol–water partition coefficient (Wildman–Crippen LogP) is 2.16. The fourth-order valence-corrected chi connectivity index (χ4v) is 3.97. The highest BCUT2D eigenvalue weighted by Crippen LogP contribution is 2.29. The van der Waals surface area contributed by atoms with Gasteiger partial charge in [-0.15, -0.1) is 0 Å². The summed E-state index contributed by atoms with van der Waals surface area (Å²) in [5, 5.41) is 4.25. The van der Waals surface area contributed by atoms with Crippen LogP contribution in [0, 0.1) is 11.8 Å². The number of aryl methyl sites for hydroxylation is 1. The lowest BCUT2D eigenvalue weighted by atomic mass is 9.92. The minimum Gasteiger partial charge on any atom is -0.342 e. The van der Waals surface area contributed by atoms with Crippen LogP contribution in [0.2, 0.25) is 0 Å². The van der Waals surface area contributed by atoms with Crippen LogP contribution in [-0.2, 0) is 16.1 Å². The van der Waals surface area contributed by atoms with Crippen molar-refractivity contribution in [2.24, 2.45) is 11.8 Å². The molecule has 6 nitrogen and oxygen atoms in total. The fourth-order valence-electron chi connectivity index (χ4n) is 3.97. The first-order valence-electron chi connectivity index (χ1n) is 9.41. The molecule has 0 bridgehead atoms. The second-order valence-electron chi connectivity index (χ2n) is 8.40. The summed E-state index contributed by atoms with van der Waals surface area (Å²) in [5.74, 6) is 0.780. The number of rotatable bonds is 4. The van der Waals surface area contributed by atoms with Crippen LogP contribution in [0.25, 0.3) is 0 Å². The summed E-state index contributed by atoms with van der Waals surface area (Å²) in [5.41, 5.74) is -0.203. The van der Waals surface area contributed by atoms with Gasteiger partial charge in [-0.25, -0.2) is 0 Å². The Morgan fingerprint density at radius 3 is 2.56 bits per heavy atom. The van der Waals surface area contributed by atoms with E-state index in [2.05, 4.69) is 5.10 Å². The monoisotopic (exact) mass is 346 g/mol. The number of likely N-dealkylation sites (tertiary alicyclic amines) is 2. The van der Waals surface area contributed by atoms with E-state index in [1.165, 1.54) is 0 Å². The molecule has 2 aliphatic rings. The van der Waals surface area contributed by atoms with E-state index < -0.39 is 0 Å². The quantitative estimate of drug-likeness (QED) is 0.839. The SMILES string of the molecule is CC(C)(C)N1C[C@H](C(=O)N2CCC(CCn3cccn3)CC2)CC1=O. The zero-order chi connectivity index (χ0) is 18.0. The Balaban J connectivity index is 1.46. The maximum Gasteiger partial charge on any atom is 0.227 e. The molecule has 1 atom stereocenters. The van der Waals surface area contributed by atoms with Crippen molar-refractivity contribution in [3.8, 4) is 0 Å². The number of hydrogen-bond acceptors (Lipinski definition) is 3. The molecule has 0 radical (unpaired) electrons. The molecule has 0 aliphatic carbocycles. The molecule has 3 heterocycles. The Bertz CT molecular complexity index is 597. The van der Waals surface area contributed by atoms with Crippen molar-refractivity contribution in [1.82, 2.24) is 19.6 Å². The van der Waals surface area contributed by atoms with E-state index in [1.807, 2.05) is 53.7 Å². The van der Waals surface area contributed by atoms with E-state index in [9.17, 15) is 9.59 Å². The smallest absolute Gasteiger partial charge is 0.227 e. The van der Waals surface area contributed by atoms with E-state index in [-0.39, 0.29) is 23.3 Å². The molecule has 2 aliphatic heterocycles. The molecule has 25 heavy (non-hydrogen) atoms. The Morgan fingerprint density at radius 1 is 1.28 bits per heavy atom. The molecule has 6 heteroatoms. The minimum atomic E-state index is -0.203. The molecule has 2 amide bonds. The van der Waals surface area contributed by atoms with Gasteiger partial charge in [-0.3, -0.25) is 14.3 Å². The third kappa shape index (κ3) is 4.22. The van der Waals surface area contributed by atoms with Gasteiger partial charge in [0, 0.05) is 50.5 Å². The summed E-state index contributed by atoms with van der Waals surface area (Å²) < 4.78 is 1.97. The van der Waals surface area contributed by atoms with Gasteiger partial charge < -0.3 is 9.80 Å². The molecule has 138 valence electrons. The molecule has 0 saturated carbocycles. The molecule has 0 spiro atoms. The van der Waals surface area contributed by atoms with Gasteiger partial charge in [-0.1, -0.05) is 0 Å². The molecule has 3 rings (SSSR count). The van der Waals surface area contributed by atoms with Crippen molar-refractivity contribution in [2.75, 3.05) is 19.6 Å². The van der Waals surface area contributed by atoms with Crippen molar-refractivity contribution < 1.29 is 9.59 Å². The van der Waals surface area contributed by atoms with Crippen LogP contribution in [0.5, 0.6) is 0 Å². The van der Waals surface area contributed by atoms with E-state index in [4.69, 9.17) is 0 Å². The van der Waals surface area contributed by atoms with E-state index in [1.54, 1.807) is 0 Å². The third-order valence-electron chi connectivity index (χ3n) is 5.54. The fraction of sp³-hybridized carbons (Fsp3) is 0.737. The molecule has 0 unspecified atom stereocenters. The highest BCUT2D eigenvalue weighted by atomic mass is 16.2. The first kappa shape index (κ1) is 18.0. The second-order valence-corrected chi connectivity index (χ2v) is 8.40. The van der Waals surface area contributed by atoms with Crippen LogP contribution in [-0.4, -0.2) is 56.6 Å². The zero-order valence-corrected chi connectivity index (χ0v) is 15.6. The van der Waals surface area contributed by atoms with Crippen molar-refractivity contribution in [3.63, 3.8) is 0 Å². The lowest BCUT2D eigenvalue weighted by Gasteiger charge is -2.34. The Kier molecular flexibility index (Phi) is 5.16. The predicted molar refractivity (Wildman–Crippen MR) is 95.7 cm³/mol. The summed E-state index contributed by atoms with van der Waals surface area (Å²) in [6, 6.07) is 1.95. The molecule has 0 aromatic carbocycles. The third-order valence-corrected chi connectivity index (χ3v) is 5.54. The lowest BCUT2D eigenvalue weighted by Crippen LogP contribution is -2.45. The average Bonchev–Trinajstić information content (AvgIpc) is 3.21. The largest absolute Gasteiger partial charge is 0.342 e. The number of hydrogen-bond donors (Lipinski definition) is 0. The first-order chi connectivity index (χ1) is 11.8. The van der Waals surface area contributed by atoms with Gasteiger partial charge in [0.15, 0.2) is 0 Å². The van der Waals surface area contributed by atoms with Gasteiger partial charge in [0.1, 0.15) is 0 Å². The molecule has 2 fully saturated rings. The molecular formula is C19H30N4O2. The Hall–Kier alpha value is -1.85. The van der Waals surface area contributed by atoms with Gasteiger partial charge in [-0.05, 0) is 52.0 Å². The first-order valence-corrected chi connectivity index (χ1v) is 9.41.